The smallest absolute Gasteiger partial charge is 0.348 e. The molecule has 0 N–H and O–H groups in total. The maximum atomic E-state index is 12.9. The summed E-state index contributed by atoms with van der Waals surface area (Å²) in [5, 5.41) is 0.983. The van der Waals surface area contributed by atoms with Crippen molar-refractivity contribution in [2.45, 2.75) is 18.9 Å². The van der Waals surface area contributed by atoms with Gasteiger partial charge in [0.15, 0.2) is 0 Å². The van der Waals surface area contributed by atoms with Crippen LogP contribution in [0.15, 0.2) is 36.4 Å². The van der Waals surface area contributed by atoms with E-state index in [1.165, 1.54) is 18.4 Å². The molecular weight excluding hydrogens is 356 g/mol. The lowest BCUT2D eigenvalue weighted by atomic mass is 10.2. The SMILES string of the molecule is COC(=O)c1ccc(C(=O)N2CCCC2c2nc3ccccc3s2)s1. The molecule has 1 amide bonds. The topological polar surface area (TPSA) is 59.5 Å². The van der Waals surface area contributed by atoms with E-state index in [-0.39, 0.29) is 11.9 Å². The molecule has 0 aliphatic carbocycles. The van der Waals surface area contributed by atoms with Crippen molar-refractivity contribution in [2.24, 2.45) is 0 Å². The third kappa shape index (κ3) is 2.94. The van der Waals surface area contributed by atoms with Crippen LogP contribution in [-0.2, 0) is 4.74 Å². The van der Waals surface area contributed by atoms with Crippen LogP contribution < -0.4 is 0 Å². The first-order valence-electron chi connectivity index (χ1n) is 8.02. The molecule has 0 spiro atoms. The van der Waals surface area contributed by atoms with E-state index >= 15 is 0 Å². The number of para-hydroxylation sites is 1. The number of thiophene rings is 1. The molecule has 3 heterocycles. The highest BCUT2D eigenvalue weighted by Crippen LogP contribution is 2.37. The van der Waals surface area contributed by atoms with Gasteiger partial charge in [0.2, 0.25) is 0 Å². The predicted molar refractivity (Wildman–Crippen MR) is 98.3 cm³/mol. The van der Waals surface area contributed by atoms with Gasteiger partial charge in [0, 0.05) is 6.54 Å². The Hall–Kier alpha value is -2.25. The van der Waals surface area contributed by atoms with Gasteiger partial charge in [0.25, 0.3) is 5.91 Å². The number of methoxy groups -OCH3 is 1. The van der Waals surface area contributed by atoms with Gasteiger partial charge in [-0.3, -0.25) is 4.79 Å². The number of thiazole rings is 1. The van der Waals surface area contributed by atoms with Crippen molar-refractivity contribution in [3.63, 3.8) is 0 Å². The highest BCUT2D eigenvalue weighted by molar-refractivity contribution is 7.18. The second kappa shape index (κ2) is 6.57. The summed E-state index contributed by atoms with van der Waals surface area (Å²) in [5.74, 6) is -0.449. The van der Waals surface area contributed by atoms with Gasteiger partial charge in [-0.2, -0.15) is 0 Å². The van der Waals surface area contributed by atoms with Crippen LogP contribution in [0.3, 0.4) is 0 Å². The largest absolute Gasteiger partial charge is 0.465 e. The zero-order chi connectivity index (χ0) is 17.4. The van der Waals surface area contributed by atoms with E-state index in [0.717, 1.165) is 28.1 Å². The number of rotatable bonds is 3. The molecule has 0 saturated carbocycles. The lowest BCUT2D eigenvalue weighted by molar-refractivity contribution is 0.0606. The number of esters is 1. The van der Waals surface area contributed by atoms with Crippen molar-refractivity contribution in [3.05, 3.63) is 51.2 Å². The van der Waals surface area contributed by atoms with E-state index in [0.29, 0.717) is 16.3 Å². The Labute approximate surface area is 152 Å². The van der Waals surface area contributed by atoms with Crippen molar-refractivity contribution in [2.75, 3.05) is 13.7 Å². The molecule has 25 heavy (non-hydrogen) atoms. The second-order valence-electron chi connectivity index (χ2n) is 5.83. The number of benzene rings is 1. The van der Waals surface area contributed by atoms with E-state index in [9.17, 15) is 9.59 Å². The minimum absolute atomic E-state index is 0.00794. The molecule has 2 aromatic heterocycles. The summed E-state index contributed by atoms with van der Waals surface area (Å²) in [5.41, 5.74) is 0.978. The van der Waals surface area contributed by atoms with E-state index in [4.69, 9.17) is 9.72 Å². The monoisotopic (exact) mass is 372 g/mol. The van der Waals surface area contributed by atoms with Gasteiger partial charge in [0.05, 0.1) is 28.2 Å². The minimum atomic E-state index is -0.409. The molecule has 1 aromatic carbocycles. The lowest BCUT2D eigenvalue weighted by Gasteiger charge is -2.22. The first kappa shape index (κ1) is 16.2. The lowest BCUT2D eigenvalue weighted by Crippen LogP contribution is -2.29. The number of hydrogen-bond acceptors (Lipinski definition) is 6. The molecule has 1 unspecified atom stereocenters. The zero-order valence-electron chi connectivity index (χ0n) is 13.6. The van der Waals surface area contributed by atoms with Crippen molar-refractivity contribution >= 4 is 44.8 Å². The normalized spacial score (nSPS) is 17.2. The molecular formula is C18H16N2O3S2. The Balaban J connectivity index is 1.61. The fourth-order valence-corrected chi connectivity index (χ4v) is 5.10. The first-order valence-corrected chi connectivity index (χ1v) is 9.65. The third-order valence-corrected chi connectivity index (χ3v) is 6.50. The molecule has 1 saturated heterocycles. The summed E-state index contributed by atoms with van der Waals surface area (Å²) in [6.45, 7) is 0.713. The number of nitrogens with zero attached hydrogens (tertiary/aromatic N) is 2. The van der Waals surface area contributed by atoms with Crippen molar-refractivity contribution in [1.29, 1.82) is 0 Å². The summed E-state index contributed by atoms with van der Waals surface area (Å²) in [7, 11) is 1.34. The maximum absolute atomic E-state index is 12.9. The number of aromatic nitrogens is 1. The molecule has 1 aliphatic rings. The molecule has 128 valence electrons. The number of carbonyl (C=O) groups excluding carboxylic acids is 2. The van der Waals surface area contributed by atoms with Gasteiger partial charge < -0.3 is 9.64 Å². The van der Waals surface area contributed by atoms with Crippen LogP contribution in [0.5, 0.6) is 0 Å². The van der Waals surface area contributed by atoms with Crippen LogP contribution in [-0.4, -0.2) is 35.4 Å². The van der Waals surface area contributed by atoms with Crippen molar-refractivity contribution < 1.29 is 14.3 Å². The summed E-state index contributed by atoms with van der Waals surface area (Å²) >= 11 is 2.83. The molecule has 4 rings (SSSR count). The average Bonchev–Trinajstić information content (AvgIpc) is 3.38. The summed E-state index contributed by atoms with van der Waals surface area (Å²) < 4.78 is 5.86. The third-order valence-electron chi connectivity index (χ3n) is 4.31. The van der Waals surface area contributed by atoms with E-state index < -0.39 is 5.97 Å². The first-order chi connectivity index (χ1) is 12.2. The van der Waals surface area contributed by atoms with Crippen LogP contribution in [0.25, 0.3) is 10.2 Å². The highest BCUT2D eigenvalue weighted by Gasteiger charge is 2.33. The van der Waals surface area contributed by atoms with Gasteiger partial charge in [-0.25, -0.2) is 9.78 Å². The van der Waals surface area contributed by atoms with Crippen molar-refractivity contribution in [1.82, 2.24) is 9.88 Å². The van der Waals surface area contributed by atoms with Gasteiger partial charge in [0.1, 0.15) is 9.88 Å². The van der Waals surface area contributed by atoms with E-state index in [1.54, 1.807) is 23.5 Å². The molecule has 7 heteroatoms. The number of likely N-dealkylation sites (tertiary alicyclic amines) is 1. The zero-order valence-corrected chi connectivity index (χ0v) is 15.2. The van der Waals surface area contributed by atoms with Crippen LogP contribution in [0, 0.1) is 0 Å². The number of fused-ring (bicyclic) bond motifs is 1. The minimum Gasteiger partial charge on any atom is -0.465 e. The second-order valence-corrected chi connectivity index (χ2v) is 7.98. The molecule has 3 aromatic rings. The summed E-state index contributed by atoms with van der Waals surface area (Å²) in [4.78, 5) is 32.2. The summed E-state index contributed by atoms with van der Waals surface area (Å²) in [6.07, 6.45) is 1.88. The van der Waals surface area contributed by atoms with E-state index in [2.05, 4.69) is 6.07 Å². The average molecular weight is 372 g/mol. The number of hydrogen-bond donors (Lipinski definition) is 0. The molecule has 1 atom stereocenters. The van der Waals surface area contributed by atoms with Crippen LogP contribution in [0.1, 0.15) is 43.2 Å². The standard InChI is InChI=1S/C18H16N2O3S2/c1-23-18(22)15-9-8-14(24-15)17(21)20-10-4-6-12(20)16-19-11-5-2-3-7-13(11)25-16/h2-3,5,7-9,12H,4,6,10H2,1H3. The number of carbonyl (C=O) groups is 2. The molecule has 1 fully saturated rings. The van der Waals surface area contributed by atoms with Gasteiger partial charge in [-0.1, -0.05) is 12.1 Å². The molecule has 1 aliphatic heterocycles. The Morgan fingerprint density at radius 1 is 1.16 bits per heavy atom. The summed E-state index contributed by atoms with van der Waals surface area (Å²) in [6, 6.07) is 11.4. The maximum Gasteiger partial charge on any atom is 0.348 e. The van der Waals surface area contributed by atoms with Gasteiger partial charge in [-0.05, 0) is 37.1 Å². The Morgan fingerprint density at radius 3 is 2.76 bits per heavy atom. The fraction of sp³-hybridized carbons (Fsp3) is 0.278. The van der Waals surface area contributed by atoms with Gasteiger partial charge >= 0.3 is 5.97 Å². The quantitative estimate of drug-likeness (QED) is 0.649. The molecule has 0 bridgehead atoms. The predicted octanol–water partition coefficient (Wildman–Crippen LogP) is 4.12. The number of amides is 1. The van der Waals surface area contributed by atoms with E-state index in [1.807, 2.05) is 23.1 Å². The fourth-order valence-electron chi connectivity index (χ4n) is 3.10. The Kier molecular flexibility index (Phi) is 4.27. The number of ether oxygens (including phenoxy) is 1. The van der Waals surface area contributed by atoms with Crippen molar-refractivity contribution in [3.8, 4) is 0 Å². The van der Waals surface area contributed by atoms with Crippen LogP contribution in [0.2, 0.25) is 0 Å². The molecule has 5 nitrogen and oxygen atoms in total. The highest BCUT2D eigenvalue weighted by atomic mass is 32.1. The molecule has 0 radical (unpaired) electrons. The Morgan fingerprint density at radius 2 is 1.96 bits per heavy atom. The Bertz CT molecular complexity index is 914. The van der Waals surface area contributed by atoms with Gasteiger partial charge in [-0.15, -0.1) is 22.7 Å². The van der Waals surface area contributed by atoms with Crippen LogP contribution >= 0.6 is 22.7 Å². The van der Waals surface area contributed by atoms with Crippen LogP contribution in [0.4, 0.5) is 0 Å².